The molecule has 0 bridgehead atoms. The number of aromatic nitrogens is 3. The average Bonchev–Trinajstić information content (AvgIpc) is 2.97. The summed E-state index contributed by atoms with van der Waals surface area (Å²) in [6.45, 7) is 4.30. The van der Waals surface area contributed by atoms with E-state index in [-0.39, 0.29) is 6.04 Å². The van der Waals surface area contributed by atoms with Crippen molar-refractivity contribution in [2.75, 3.05) is 12.5 Å². The van der Waals surface area contributed by atoms with Crippen molar-refractivity contribution in [2.24, 2.45) is 11.7 Å². The highest BCUT2D eigenvalue weighted by molar-refractivity contribution is 8.02. The molecule has 3 N–H and O–H groups in total. The molecule has 0 unspecified atom stereocenters. The van der Waals surface area contributed by atoms with Gasteiger partial charge in [0.1, 0.15) is 5.75 Å². The molecule has 122 valence electrons. The van der Waals surface area contributed by atoms with Gasteiger partial charge in [-0.15, -0.1) is 10.2 Å². The fraction of sp³-hybridized carbons (Fsp3) is 0.375. The van der Waals surface area contributed by atoms with E-state index in [1.54, 1.807) is 7.11 Å². The third-order valence-electron chi connectivity index (χ3n) is 3.61. The number of nitrogens with one attached hydrogen (secondary N) is 1. The fourth-order valence-electron chi connectivity index (χ4n) is 2.50. The highest BCUT2D eigenvalue weighted by atomic mass is 32.2. The molecule has 1 atom stereocenters. The zero-order valence-corrected chi connectivity index (χ0v) is 14.3. The van der Waals surface area contributed by atoms with Crippen molar-refractivity contribution in [3.05, 3.63) is 41.1 Å². The van der Waals surface area contributed by atoms with Gasteiger partial charge in [0.25, 0.3) is 0 Å². The maximum Gasteiger partial charge on any atom is 0.214 e. The first-order chi connectivity index (χ1) is 11.1. The van der Waals surface area contributed by atoms with E-state index in [0.717, 1.165) is 34.4 Å². The fourth-order valence-corrected chi connectivity index (χ4v) is 3.24. The summed E-state index contributed by atoms with van der Waals surface area (Å²) in [5.41, 5.74) is 11.7. The van der Waals surface area contributed by atoms with Gasteiger partial charge in [-0.2, -0.15) is 0 Å². The molecule has 6 nitrogen and oxygen atoms in total. The van der Waals surface area contributed by atoms with Crippen LogP contribution in [0.3, 0.4) is 0 Å². The Bertz CT molecular complexity index is 725. The van der Waals surface area contributed by atoms with E-state index in [1.807, 2.05) is 34.3 Å². The molecule has 1 aliphatic rings. The molecule has 1 aromatic heterocycles. The van der Waals surface area contributed by atoms with Gasteiger partial charge in [0.2, 0.25) is 5.16 Å². The number of rotatable bonds is 5. The molecular weight excluding hydrogens is 310 g/mol. The molecule has 0 spiro atoms. The number of ether oxygens (including phenoxy) is 1. The lowest BCUT2D eigenvalue weighted by Crippen LogP contribution is -2.25. The van der Waals surface area contributed by atoms with Crippen LogP contribution in [0.2, 0.25) is 0 Å². The van der Waals surface area contributed by atoms with Gasteiger partial charge in [-0.25, -0.2) is 4.68 Å². The van der Waals surface area contributed by atoms with Crippen molar-refractivity contribution in [1.29, 1.82) is 0 Å². The van der Waals surface area contributed by atoms with Gasteiger partial charge in [0, 0.05) is 11.0 Å². The van der Waals surface area contributed by atoms with Gasteiger partial charge in [-0.3, -0.25) is 5.43 Å². The highest BCUT2D eigenvalue weighted by Gasteiger charge is 2.23. The van der Waals surface area contributed by atoms with E-state index in [9.17, 15) is 0 Å². The van der Waals surface area contributed by atoms with Gasteiger partial charge in [-0.1, -0.05) is 37.7 Å². The van der Waals surface area contributed by atoms with Crippen molar-refractivity contribution >= 4 is 17.5 Å². The first kappa shape index (κ1) is 15.9. The van der Waals surface area contributed by atoms with Gasteiger partial charge in [0.15, 0.2) is 5.82 Å². The van der Waals surface area contributed by atoms with Crippen LogP contribution in [0.25, 0.3) is 5.70 Å². The predicted octanol–water partition coefficient (Wildman–Crippen LogP) is 2.98. The summed E-state index contributed by atoms with van der Waals surface area (Å²) in [6.07, 6.45) is 0.864. The van der Waals surface area contributed by atoms with Crippen LogP contribution in [0.4, 0.5) is 0 Å². The van der Waals surface area contributed by atoms with Crippen LogP contribution in [0.5, 0.6) is 5.75 Å². The molecular formula is C16H21N5OS. The quantitative estimate of drug-likeness (QED) is 0.877. The van der Waals surface area contributed by atoms with Gasteiger partial charge < -0.3 is 10.5 Å². The van der Waals surface area contributed by atoms with Crippen LogP contribution in [0.1, 0.15) is 37.7 Å². The molecule has 7 heteroatoms. The SMILES string of the molecule is COc1cccc(C2=CSc3nnc([C@@H](N)CC(C)C)n3N2)c1. The van der Waals surface area contributed by atoms with Crippen LogP contribution < -0.4 is 15.9 Å². The lowest BCUT2D eigenvalue weighted by Gasteiger charge is -2.21. The second-order valence-corrected chi connectivity index (χ2v) is 6.74. The Kier molecular flexibility index (Phi) is 4.58. The highest BCUT2D eigenvalue weighted by Crippen LogP contribution is 2.31. The van der Waals surface area contributed by atoms with Crippen molar-refractivity contribution in [2.45, 2.75) is 31.5 Å². The maximum atomic E-state index is 6.28. The summed E-state index contributed by atoms with van der Waals surface area (Å²) in [7, 11) is 1.66. The van der Waals surface area contributed by atoms with Crippen LogP contribution in [-0.2, 0) is 0 Å². The van der Waals surface area contributed by atoms with Crippen LogP contribution >= 0.6 is 11.8 Å². The minimum Gasteiger partial charge on any atom is -0.497 e. The smallest absolute Gasteiger partial charge is 0.214 e. The standard InChI is InChI=1S/C16H21N5OS/c1-10(2)7-13(17)15-18-19-16-21(15)20-14(9-23-16)11-5-4-6-12(8-11)22-3/h4-6,8-10,13,20H,7,17H2,1-3H3/t13-/m0/s1. The molecule has 0 saturated carbocycles. The van der Waals surface area contributed by atoms with Crippen LogP contribution in [0.15, 0.2) is 34.8 Å². The van der Waals surface area contributed by atoms with E-state index in [0.29, 0.717) is 5.92 Å². The number of hydrogen-bond donors (Lipinski definition) is 2. The van der Waals surface area contributed by atoms with Crippen molar-refractivity contribution in [1.82, 2.24) is 14.9 Å². The monoisotopic (exact) mass is 331 g/mol. The second-order valence-electron chi connectivity index (χ2n) is 5.91. The minimum atomic E-state index is -0.144. The van der Waals surface area contributed by atoms with Crippen LogP contribution in [0, 0.1) is 5.92 Å². The van der Waals surface area contributed by atoms with Crippen molar-refractivity contribution in [3.63, 3.8) is 0 Å². The second kappa shape index (κ2) is 6.64. The Hall–Kier alpha value is -1.99. The minimum absolute atomic E-state index is 0.144. The van der Waals surface area contributed by atoms with E-state index >= 15 is 0 Å². The number of benzene rings is 1. The third-order valence-corrected chi connectivity index (χ3v) is 4.44. The average molecular weight is 331 g/mol. The molecule has 23 heavy (non-hydrogen) atoms. The summed E-state index contributed by atoms with van der Waals surface area (Å²) in [5.74, 6) is 2.08. The Labute approximate surface area is 140 Å². The Morgan fingerprint density at radius 2 is 2.17 bits per heavy atom. The summed E-state index contributed by atoms with van der Waals surface area (Å²) >= 11 is 1.53. The largest absolute Gasteiger partial charge is 0.497 e. The number of thioether (sulfide) groups is 1. The molecule has 2 aromatic rings. The lowest BCUT2D eigenvalue weighted by atomic mass is 10.0. The van der Waals surface area contributed by atoms with Gasteiger partial charge in [0.05, 0.1) is 18.8 Å². The first-order valence-corrected chi connectivity index (χ1v) is 8.45. The number of nitrogens with two attached hydrogens (primary N) is 1. The van der Waals surface area contributed by atoms with E-state index in [4.69, 9.17) is 10.5 Å². The lowest BCUT2D eigenvalue weighted by molar-refractivity contribution is 0.414. The summed E-state index contributed by atoms with van der Waals surface area (Å²) in [4.78, 5) is 0. The number of methoxy groups -OCH3 is 1. The molecule has 0 radical (unpaired) electrons. The summed E-state index contributed by atoms with van der Waals surface area (Å²) < 4.78 is 7.17. The van der Waals surface area contributed by atoms with Crippen molar-refractivity contribution in [3.8, 4) is 5.75 Å². The zero-order chi connectivity index (χ0) is 16.4. The number of hydrogen-bond acceptors (Lipinski definition) is 6. The Morgan fingerprint density at radius 1 is 1.35 bits per heavy atom. The molecule has 0 fully saturated rings. The molecule has 3 rings (SSSR count). The molecule has 0 amide bonds. The molecule has 2 heterocycles. The van der Waals surface area contributed by atoms with Crippen molar-refractivity contribution < 1.29 is 4.74 Å². The zero-order valence-electron chi connectivity index (χ0n) is 13.5. The Morgan fingerprint density at radius 3 is 2.91 bits per heavy atom. The van der Waals surface area contributed by atoms with Crippen LogP contribution in [-0.4, -0.2) is 22.0 Å². The number of fused-ring (bicyclic) bond motifs is 1. The predicted molar refractivity (Wildman–Crippen MR) is 92.6 cm³/mol. The van der Waals surface area contributed by atoms with Gasteiger partial charge >= 0.3 is 0 Å². The Balaban J connectivity index is 1.86. The molecule has 1 aliphatic heterocycles. The van der Waals surface area contributed by atoms with E-state index < -0.39 is 0 Å². The third kappa shape index (κ3) is 3.35. The van der Waals surface area contributed by atoms with E-state index in [2.05, 4.69) is 29.5 Å². The molecule has 1 aromatic carbocycles. The molecule has 0 aliphatic carbocycles. The summed E-state index contributed by atoms with van der Waals surface area (Å²) in [6, 6.07) is 7.77. The normalized spacial score (nSPS) is 14.9. The maximum absolute atomic E-state index is 6.28. The molecule has 0 saturated heterocycles. The topological polar surface area (TPSA) is 78.0 Å². The number of nitrogens with zero attached hydrogens (tertiary/aromatic N) is 3. The first-order valence-electron chi connectivity index (χ1n) is 7.57. The van der Waals surface area contributed by atoms with E-state index in [1.165, 1.54) is 11.8 Å². The van der Waals surface area contributed by atoms with Gasteiger partial charge in [-0.05, 0) is 24.5 Å². The summed E-state index contributed by atoms with van der Waals surface area (Å²) in [5, 5.41) is 11.3.